The molecular weight excluding hydrogens is 243 g/mol. The molecule has 1 heterocycles. The third kappa shape index (κ3) is 2.83. The third-order valence-electron chi connectivity index (χ3n) is 3.03. The molecule has 6 heteroatoms. The van der Waals surface area contributed by atoms with Gasteiger partial charge in [-0.15, -0.1) is 0 Å². The van der Waals surface area contributed by atoms with Crippen LogP contribution in [-0.4, -0.2) is 21.5 Å². The van der Waals surface area contributed by atoms with Gasteiger partial charge >= 0.3 is 0 Å². The van der Waals surface area contributed by atoms with Crippen molar-refractivity contribution >= 4 is 10.0 Å². The van der Waals surface area contributed by atoms with Gasteiger partial charge in [0.05, 0.1) is 0 Å². The smallest absolute Gasteiger partial charge is 0.240 e. The summed E-state index contributed by atoms with van der Waals surface area (Å²) in [5, 5.41) is 8.14. The minimum Gasteiger partial charge on any atom is -0.316 e. The number of nitrogens with two attached hydrogens (primary N) is 1. The van der Waals surface area contributed by atoms with Crippen molar-refractivity contribution in [2.45, 2.75) is 23.7 Å². The second-order valence-electron chi connectivity index (χ2n) is 4.28. The fourth-order valence-electron chi connectivity index (χ4n) is 2.14. The summed E-state index contributed by atoms with van der Waals surface area (Å²) in [6.45, 7) is 1.78. The highest BCUT2D eigenvalue weighted by Crippen LogP contribution is 2.25. The first-order valence-electron chi connectivity index (χ1n) is 5.51. The van der Waals surface area contributed by atoms with Crippen molar-refractivity contribution in [2.24, 2.45) is 5.14 Å². The van der Waals surface area contributed by atoms with Crippen molar-refractivity contribution < 1.29 is 12.8 Å². The Bertz CT molecular complexity index is 510. The van der Waals surface area contributed by atoms with Crippen LogP contribution in [0.2, 0.25) is 0 Å². The van der Waals surface area contributed by atoms with Crippen molar-refractivity contribution in [1.82, 2.24) is 5.32 Å². The molecule has 2 rings (SSSR count). The Hall–Kier alpha value is -0.980. The molecule has 0 bridgehead atoms. The second-order valence-corrected chi connectivity index (χ2v) is 5.81. The summed E-state index contributed by atoms with van der Waals surface area (Å²) in [6.07, 6.45) is 2.03. The van der Waals surface area contributed by atoms with E-state index in [0.717, 1.165) is 31.5 Å². The Morgan fingerprint density at radius 3 is 2.71 bits per heavy atom. The molecule has 0 saturated carbocycles. The van der Waals surface area contributed by atoms with Crippen LogP contribution in [0.25, 0.3) is 0 Å². The first-order valence-corrected chi connectivity index (χ1v) is 7.06. The van der Waals surface area contributed by atoms with E-state index < -0.39 is 20.7 Å². The average molecular weight is 258 g/mol. The van der Waals surface area contributed by atoms with E-state index in [1.807, 2.05) is 0 Å². The molecule has 3 N–H and O–H groups in total. The third-order valence-corrected chi connectivity index (χ3v) is 3.97. The summed E-state index contributed by atoms with van der Waals surface area (Å²) in [4.78, 5) is -0.440. The van der Waals surface area contributed by atoms with E-state index in [2.05, 4.69) is 5.32 Å². The van der Waals surface area contributed by atoms with E-state index in [4.69, 9.17) is 5.14 Å². The fourth-order valence-corrected chi connectivity index (χ4v) is 2.73. The Labute approximate surface area is 100 Å². The lowest BCUT2D eigenvalue weighted by Crippen LogP contribution is -2.28. The van der Waals surface area contributed by atoms with Gasteiger partial charge in [0.2, 0.25) is 10.0 Å². The minimum absolute atomic E-state index is 0.243. The van der Waals surface area contributed by atoms with Crippen LogP contribution >= 0.6 is 0 Å². The summed E-state index contributed by atoms with van der Waals surface area (Å²) in [6, 6.07) is 4.16. The summed E-state index contributed by atoms with van der Waals surface area (Å²) in [7, 11) is -3.97. The molecule has 0 amide bonds. The molecule has 0 radical (unpaired) electrons. The number of rotatable bonds is 2. The zero-order valence-corrected chi connectivity index (χ0v) is 10.1. The van der Waals surface area contributed by atoms with E-state index >= 15 is 0 Å². The van der Waals surface area contributed by atoms with Crippen LogP contribution in [0.1, 0.15) is 24.3 Å². The lowest BCUT2D eigenvalue weighted by atomic mass is 9.92. The summed E-state index contributed by atoms with van der Waals surface area (Å²) in [5.74, 6) is -0.525. The average Bonchev–Trinajstić information content (AvgIpc) is 2.28. The molecule has 1 aromatic carbocycles. The number of piperidine rings is 1. The molecule has 1 aliphatic rings. The molecule has 1 fully saturated rings. The minimum atomic E-state index is -3.97. The molecular formula is C11H15FN2O2S. The summed E-state index contributed by atoms with van der Waals surface area (Å²) < 4.78 is 35.8. The van der Waals surface area contributed by atoms with Gasteiger partial charge in [-0.2, -0.15) is 0 Å². The van der Waals surface area contributed by atoms with Crippen molar-refractivity contribution in [3.8, 4) is 0 Å². The molecule has 0 spiro atoms. The number of hydrogen-bond acceptors (Lipinski definition) is 3. The van der Waals surface area contributed by atoms with Gasteiger partial charge in [0.1, 0.15) is 10.7 Å². The quantitative estimate of drug-likeness (QED) is 0.829. The number of sulfonamides is 1. The van der Waals surface area contributed by atoms with E-state index in [1.165, 1.54) is 12.1 Å². The van der Waals surface area contributed by atoms with Gasteiger partial charge in [-0.1, -0.05) is 6.07 Å². The maximum Gasteiger partial charge on any atom is 0.240 e. The fraction of sp³-hybridized carbons (Fsp3) is 0.455. The van der Waals surface area contributed by atoms with Crippen LogP contribution in [-0.2, 0) is 10.0 Å². The van der Waals surface area contributed by atoms with Crippen LogP contribution in [0.4, 0.5) is 4.39 Å². The van der Waals surface area contributed by atoms with Gasteiger partial charge in [0, 0.05) is 6.54 Å². The Morgan fingerprint density at radius 2 is 2.18 bits per heavy atom. The topological polar surface area (TPSA) is 72.2 Å². The highest BCUT2D eigenvalue weighted by molar-refractivity contribution is 7.89. The van der Waals surface area contributed by atoms with Gasteiger partial charge in [-0.05, 0) is 43.0 Å². The standard InChI is InChI=1S/C11H15FN2O2S/c12-10-6-8(9-2-1-5-14-7-9)3-4-11(10)17(13,15)16/h3-4,6,9,14H,1-2,5,7H2,(H2,13,15,16). The number of nitrogens with one attached hydrogen (secondary N) is 1. The van der Waals surface area contributed by atoms with Gasteiger partial charge < -0.3 is 5.32 Å². The van der Waals surface area contributed by atoms with Crippen LogP contribution in [0.5, 0.6) is 0 Å². The number of primary sulfonamides is 1. The Balaban J connectivity index is 2.30. The molecule has 17 heavy (non-hydrogen) atoms. The van der Waals surface area contributed by atoms with Crippen LogP contribution in [0.3, 0.4) is 0 Å². The van der Waals surface area contributed by atoms with E-state index in [0.29, 0.717) is 0 Å². The molecule has 1 aliphatic heterocycles. The molecule has 1 aromatic rings. The molecule has 0 aliphatic carbocycles. The van der Waals surface area contributed by atoms with E-state index in [-0.39, 0.29) is 5.92 Å². The molecule has 0 aromatic heterocycles. The zero-order valence-electron chi connectivity index (χ0n) is 9.32. The molecule has 1 atom stereocenters. The molecule has 1 unspecified atom stereocenters. The van der Waals surface area contributed by atoms with Crippen molar-refractivity contribution in [3.05, 3.63) is 29.6 Å². The number of hydrogen-bond donors (Lipinski definition) is 2. The first-order chi connectivity index (χ1) is 7.98. The lowest BCUT2D eigenvalue weighted by molar-refractivity contribution is 0.459. The first kappa shape index (κ1) is 12.5. The monoisotopic (exact) mass is 258 g/mol. The summed E-state index contributed by atoms with van der Waals surface area (Å²) in [5.41, 5.74) is 0.821. The largest absolute Gasteiger partial charge is 0.316 e. The predicted molar refractivity (Wildman–Crippen MR) is 62.6 cm³/mol. The maximum atomic E-state index is 13.6. The highest BCUT2D eigenvalue weighted by Gasteiger charge is 2.19. The maximum absolute atomic E-state index is 13.6. The SMILES string of the molecule is NS(=O)(=O)c1ccc(C2CCCNC2)cc1F. The van der Waals surface area contributed by atoms with Crippen molar-refractivity contribution in [1.29, 1.82) is 0 Å². The second kappa shape index (κ2) is 4.72. The molecule has 4 nitrogen and oxygen atoms in total. The number of benzene rings is 1. The van der Waals surface area contributed by atoms with E-state index in [1.54, 1.807) is 6.07 Å². The van der Waals surface area contributed by atoms with Gasteiger partial charge in [0.15, 0.2) is 0 Å². The Morgan fingerprint density at radius 1 is 1.41 bits per heavy atom. The molecule has 1 saturated heterocycles. The van der Waals surface area contributed by atoms with Crippen molar-refractivity contribution in [3.63, 3.8) is 0 Å². The number of halogens is 1. The van der Waals surface area contributed by atoms with Gasteiger partial charge in [0.25, 0.3) is 0 Å². The lowest BCUT2D eigenvalue weighted by Gasteiger charge is -2.23. The Kier molecular flexibility index (Phi) is 3.46. The predicted octanol–water partition coefficient (Wildman–Crippen LogP) is 0.940. The highest BCUT2D eigenvalue weighted by atomic mass is 32.2. The summed E-state index contributed by atoms with van der Waals surface area (Å²) >= 11 is 0. The van der Waals surface area contributed by atoms with Crippen LogP contribution in [0.15, 0.2) is 23.1 Å². The molecule has 94 valence electrons. The zero-order chi connectivity index (χ0) is 12.5. The van der Waals surface area contributed by atoms with Crippen molar-refractivity contribution in [2.75, 3.05) is 13.1 Å². The van der Waals surface area contributed by atoms with Crippen LogP contribution in [0, 0.1) is 5.82 Å². The van der Waals surface area contributed by atoms with Gasteiger partial charge in [-0.25, -0.2) is 17.9 Å². The van der Waals surface area contributed by atoms with E-state index in [9.17, 15) is 12.8 Å². The van der Waals surface area contributed by atoms with Gasteiger partial charge in [-0.3, -0.25) is 0 Å². The van der Waals surface area contributed by atoms with Crippen LogP contribution < -0.4 is 10.5 Å². The normalized spacial score (nSPS) is 21.4.